The van der Waals surface area contributed by atoms with Crippen LogP contribution in [0.4, 0.5) is 0 Å². The van der Waals surface area contributed by atoms with Gasteiger partial charge in [0.15, 0.2) is 0 Å². The monoisotopic (exact) mass is 226 g/mol. The number of morpholine rings is 1. The molecule has 16 heavy (non-hydrogen) atoms. The van der Waals surface area contributed by atoms with E-state index in [4.69, 9.17) is 4.74 Å². The van der Waals surface area contributed by atoms with Crippen molar-refractivity contribution in [2.24, 2.45) is 0 Å². The molecular weight excluding hydrogens is 204 g/mol. The first kappa shape index (κ1) is 13.2. The summed E-state index contributed by atoms with van der Waals surface area (Å²) in [4.78, 5) is 13.9. The van der Waals surface area contributed by atoms with Gasteiger partial charge in [-0.05, 0) is 13.3 Å². The molecule has 4 nitrogen and oxygen atoms in total. The van der Waals surface area contributed by atoms with Gasteiger partial charge in [-0.15, -0.1) is 6.58 Å². The molecule has 0 unspecified atom stereocenters. The van der Waals surface area contributed by atoms with Gasteiger partial charge in [0.25, 0.3) is 0 Å². The lowest BCUT2D eigenvalue weighted by atomic mass is 10.1. The van der Waals surface area contributed by atoms with E-state index in [0.717, 1.165) is 26.1 Å². The molecule has 0 aromatic carbocycles. The highest BCUT2D eigenvalue weighted by Crippen LogP contribution is 2.11. The van der Waals surface area contributed by atoms with Crippen LogP contribution in [0.2, 0.25) is 0 Å². The Morgan fingerprint density at radius 2 is 2.50 bits per heavy atom. The molecule has 0 saturated carbocycles. The van der Waals surface area contributed by atoms with Gasteiger partial charge in [-0.25, -0.2) is 0 Å². The predicted octanol–water partition coefficient (Wildman–Crippen LogP) is 0.788. The summed E-state index contributed by atoms with van der Waals surface area (Å²) in [5.74, 6) is 0.0663. The van der Waals surface area contributed by atoms with Crippen molar-refractivity contribution in [3.8, 4) is 0 Å². The molecule has 1 rings (SSSR count). The Labute approximate surface area is 97.6 Å². The maximum Gasteiger partial charge on any atom is 0.237 e. The van der Waals surface area contributed by atoms with Crippen LogP contribution in [-0.2, 0) is 9.53 Å². The second-order valence-corrected chi connectivity index (χ2v) is 4.11. The highest BCUT2D eigenvalue weighted by molar-refractivity contribution is 5.81. The first-order valence-corrected chi connectivity index (χ1v) is 5.93. The number of nitrogens with zero attached hydrogens (tertiary/aromatic N) is 1. The van der Waals surface area contributed by atoms with Crippen molar-refractivity contribution in [3.05, 3.63) is 12.7 Å². The number of amides is 1. The summed E-state index contributed by atoms with van der Waals surface area (Å²) >= 11 is 0. The number of hydrogen-bond donors (Lipinski definition) is 1. The average Bonchev–Trinajstić information content (AvgIpc) is 2.35. The van der Waals surface area contributed by atoms with Crippen molar-refractivity contribution in [3.63, 3.8) is 0 Å². The number of ether oxygens (including phenoxy) is 1. The van der Waals surface area contributed by atoms with E-state index in [0.29, 0.717) is 6.54 Å². The molecule has 92 valence electrons. The Kier molecular flexibility index (Phi) is 5.49. The van der Waals surface area contributed by atoms with Crippen LogP contribution >= 0.6 is 0 Å². The molecule has 1 fully saturated rings. The fraction of sp³-hybridized carbons (Fsp3) is 0.750. The summed E-state index contributed by atoms with van der Waals surface area (Å²) in [6, 6.07) is -0.0853. The van der Waals surface area contributed by atoms with Gasteiger partial charge in [-0.2, -0.15) is 0 Å². The van der Waals surface area contributed by atoms with Crippen LogP contribution in [0.1, 0.15) is 20.3 Å². The van der Waals surface area contributed by atoms with E-state index in [1.54, 1.807) is 6.08 Å². The lowest BCUT2D eigenvalue weighted by Crippen LogP contribution is -2.52. The number of carbonyl (C=O) groups is 1. The third-order valence-corrected chi connectivity index (χ3v) is 2.97. The quantitative estimate of drug-likeness (QED) is 0.705. The lowest BCUT2D eigenvalue weighted by Gasteiger charge is -2.35. The van der Waals surface area contributed by atoms with Crippen molar-refractivity contribution in [1.29, 1.82) is 0 Å². The summed E-state index contributed by atoms with van der Waals surface area (Å²) in [6.45, 7) is 10.6. The topological polar surface area (TPSA) is 41.6 Å². The molecule has 0 spiro atoms. The normalized spacial score (nSPS) is 23.8. The van der Waals surface area contributed by atoms with Crippen LogP contribution in [-0.4, -0.2) is 49.2 Å². The van der Waals surface area contributed by atoms with Crippen molar-refractivity contribution in [1.82, 2.24) is 10.2 Å². The smallest absolute Gasteiger partial charge is 0.237 e. The molecule has 4 heteroatoms. The maximum absolute atomic E-state index is 11.8. The molecule has 1 N–H and O–H groups in total. The summed E-state index contributed by atoms with van der Waals surface area (Å²) < 4.78 is 5.58. The van der Waals surface area contributed by atoms with E-state index in [1.807, 2.05) is 6.92 Å². The minimum atomic E-state index is -0.0853. The van der Waals surface area contributed by atoms with E-state index >= 15 is 0 Å². The summed E-state index contributed by atoms with van der Waals surface area (Å²) in [5.41, 5.74) is 0. The van der Waals surface area contributed by atoms with Gasteiger partial charge in [0, 0.05) is 19.6 Å². The van der Waals surface area contributed by atoms with Gasteiger partial charge in [0.05, 0.1) is 18.8 Å². The molecule has 1 aliphatic rings. The van der Waals surface area contributed by atoms with Crippen molar-refractivity contribution in [2.45, 2.75) is 32.4 Å². The Hall–Kier alpha value is -0.870. The zero-order chi connectivity index (χ0) is 12.0. The first-order valence-electron chi connectivity index (χ1n) is 5.93. The minimum Gasteiger partial charge on any atom is -0.376 e. The van der Waals surface area contributed by atoms with Crippen LogP contribution in [0.25, 0.3) is 0 Å². The van der Waals surface area contributed by atoms with Gasteiger partial charge < -0.3 is 10.1 Å². The molecule has 0 radical (unpaired) electrons. The maximum atomic E-state index is 11.8. The molecule has 1 heterocycles. The Balaban J connectivity index is 2.42. The van der Waals surface area contributed by atoms with E-state index in [9.17, 15) is 4.79 Å². The van der Waals surface area contributed by atoms with E-state index < -0.39 is 0 Å². The largest absolute Gasteiger partial charge is 0.376 e. The summed E-state index contributed by atoms with van der Waals surface area (Å²) in [5, 5.41) is 2.82. The SMILES string of the molecule is C=CCNC(=O)[C@@H](C)N1CCO[C@@H](CC)C1. The second-order valence-electron chi connectivity index (χ2n) is 4.11. The van der Waals surface area contributed by atoms with Crippen molar-refractivity contribution in [2.75, 3.05) is 26.2 Å². The van der Waals surface area contributed by atoms with Gasteiger partial charge >= 0.3 is 0 Å². The van der Waals surface area contributed by atoms with Gasteiger partial charge in [-0.3, -0.25) is 9.69 Å². The molecule has 0 aliphatic carbocycles. The van der Waals surface area contributed by atoms with Gasteiger partial charge in [0.2, 0.25) is 5.91 Å². The molecule has 0 bridgehead atoms. The molecule has 1 saturated heterocycles. The Morgan fingerprint density at radius 1 is 1.75 bits per heavy atom. The Bertz CT molecular complexity index is 243. The highest BCUT2D eigenvalue weighted by Gasteiger charge is 2.26. The summed E-state index contributed by atoms with van der Waals surface area (Å²) in [6.07, 6.45) is 2.96. The number of carbonyl (C=O) groups excluding carboxylic acids is 1. The zero-order valence-electron chi connectivity index (χ0n) is 10.2. The molecule has 0 aromatic rings. The standard InChI is InChI=1S/C12H22N2O2/c1-4-6-13-12(15)10(3)14-7-8-16-11(5-2)9-14/h4,10-11H,1,5-9H2,2-3H3,(H,13,15)/t10-,11+/m1/s1. The molecular formula is C12H22N2O2. The van der Waals surface area contributed by atoms with Crippen LogP contribution in [0, 0.1) is 0 Å². The van der Waals surface area contributed by atoms with E-state index in [-0.39, 0.29) is 18.1 Å². The third-order valence-electron chi connectivity index (χ3n) is 2.97. The van der Waals surface area contributed by atoms with Crippen LogP contribution in [0.5, 0.6) is 0 Å². The third kappa shape index (κ3) is 3.61. The fourth-order valence-electron chi connectivity index (χ4n) is 1.83. The number of rotatable bonds is 5. The van der Waals surface area contributed by atoms with Crippen LogP contribution in [0.15, 0.2) is 12.7 Å². The van der Waals surface area contributed by atoms with Gasteiger partial charge in [0.1, 0.15) is 0 Å². The average molecular weight is 226 g/mol. The minimum absolute atomic E-state index is 0.0663. The zero-order valence-corrected chi connectivity index (χ0v) is 10.2. The van der Waals surface area contributed by atoms with Gasteiger partial charge in [-0.1, -0.05) is 13.0 Å². The van der Waals surface area contributed by atoms with E-state index in [2.05, 4.69) is 23.7 Å². The Morgan fingerprint density at radius 3 is 3.12 bits per heavy atom. The second kappa shape index (κ2) is 6.66. The van der Waals surface area contributed by atoms with E-state index in [1.165, 1.54) is 0 Å². The number of nitrogens with one attached hydrogen (secondary N) is 1. The highest BCUT2D eigenvalue weighted by atomic mass is 16.5. The molecule has 1 amide bonds. The van der Waals surface area contributed by atoms with Crippen molar-refractivity contribution >= 4 is 5.91 Å². The predicted molar refractivity (Wildman–Crippen MR) is 64.3 cm³/mol. The van der Waals surface area contributed by atoms with Crippen LogP contribution in [0.3, 0.4) is 0 Å². The first-order chi connectivity index (χ1) is 7.69. The molecule has 0 aromatic heterocycles. The fourth-order valence-corrected chi connectivity index (χ4v) is 1.83. The summed E-state index contributed by atoms with van der Waals surface area (Å²) in [7, 11) is 0. The lowest BCUT2D eigenvalue weighted by molar-refractivity contribution is -0.129. The van der Waals surface area contributed by atoms with Crippen molar-refractivity contribution < 1.29 is 9.53 Å². The van der Waals surface area contributed by atoms with Crippen LogP contribution < -0.4 is 5.32 Å². The number of hydrogen-bond acceptors (Lipinski definition) is 3. The molecule has 1 aliphatic heterocycles. The molecule has 2 atom stereocenters.